The van der Waals surface area contributed by atoms with Gasteiger partial charge in [-0.15, -0.1) is 0 Å². The number of quaternary nitrogens is 1. The van der Waals surface area contributed by atoms with Crippen LogP contribution in [0.4, 0.5) is 0 Å². The lowest BCUT2D eigenvalue weighted by Crippen LogP contribution is -3.17. The van der Waals surface area contributed by atoms with E-state index in [2.05, 4.69) is 4.99 Å². The van der Waals surface area contributed by atoms with E-state index < -0.39 is 5.66 Å². The summed E-state index contributed by atoms with van der Waals surface area (Å²) in [5, 5.41) is 13.3. The molecular formula is C22H19N3O. The third-order valence-electron chi connectivity index (χ3n) is 4.62. The second kappa shape index (κ2) is 6.67. The van der Waals surface area contributed by atoms with Crippen molar-refractivity contribution in [3.05, 3.63) is 113 Å². The molecule has 4 rings (SSSR count). The van der Waals surface area contributed by atoms with Gasteiger partial charge in [0.15, 0.2) is 5.84 Å². The van der Waals surface area contributed by atoms with Gasteiger partial charge in [0.05, 0.1) is 5.56 Å². The first-order chi connectivity index (χ1) is 12.7. The molecule has 4 nitrogen and oxygen atoms in total. The number of hydroxylamine groups is 2. The normalized spacial score (nSPS) is 22.5. The maximum atomic E-state index is 13.4. The van der Waals surface area contributed by atoms with E-state index in [1.54, 1.807) is 0 Å². The SMILES string of the molecule is CC1(c2ccccc2)N=C(c2ccccc2)N=C(c2ccccc2)[NH+]1[O-]. The van der Waals surface area contributed by atoms with Gasteiger partial charge in [-0.3, -0.25) is 5.06 Å². The van der Waals surface area contributed by atoms with Crippen molar-refractivity contribution in [2.75, 3.05) is 0 Å². The fourth-order valence-corrected chi connectivity index (χ4v) is 3.14. The second-order valence-corrected chi connectivity index (χ2v) is 6.40. The van der Waals surface area contributed by atoms with Crippen LogP contribution in [0.3, 0.4) is 0 Å². The van der Waals surface area contributed by atoms with Crippen LogP contribution < -0.4 is 5.06 Å². The fraction of sp³-hybridized carbons (Fsp3) is 0.0909. The molecule has 0 saturated heterocycles. The molecule has 2 atom stereocenters. The molecule has 0 aromatic heterocycles. The summed E-state index contributed by atoms with van der Waals surface area (Å²) in [7, 11) is 0. The highest BCUT2D eigenvalue weighted by Gasteiger charge is 2.40. The Morgan fingerprint density at radius 3 is 1.81 bits per heavy atom. The van der Waals surface area contributed by atoms with Crippen molar-refractivity contribution < 1.29 is 5.06 Å². The van der Waals surface area contributed by atoms with Gasteiger partial charge in [0.25, 0.3) is 0 Å². The number of nitrogens with zero attached hydrogens (tertiary/aromatic N) is 2. The van der Waals surface area contributed by atoms with Crippen molar-refractivity contribution in [2.24, 2.45) is 9.98 Å². The zero-order valence-corrected chi connectivity index (χ0v) is 14.5. The molecule has 0 spiro atoms. The van der Waals surface area contributed by atoms with Gasteiger partial charge >= 0.3 is 0 Å². The summed E-state index contributed by atoms with van der Waals surface area (Å²) in [6, 6.07) is 29.1. The van der Waals surface area contributed by atoms with E-state index in [-0.39, 0.29) is 5.06 Å². The Morgan fingerprint density at radius 2 is 1.23 bits per heavy atom. The zero-order valence-electron chi connectivity index (χ0n) is 14.5. The summed E-state index contributed by atoms with van der Waals surface area (Å²) >= 11 is 0. The first kappa shape index (κ1) is 16.4. The minimum absolute atomic E-state index is 0.0884. The van der Waals surface area contributed by atoms with E-state index in [0.29, 0.717) is 11.7 Å². The Labute approximate surface area is 152 Å². The summed E-state index contributed by atoms with van der Waals surface area (Å²) in [5.41, 5.74) is 1.57. The van der Waals surface area contributed by atoms with Crippen LogP contribution in [0, 0.1) is 5.21 Å². The number of aliphatic imine (C=N–C) groups is 2. The minimum Gasteiger partial charge on any atom is -0.626 e. The Bertz CT molecular complexity index is 952. The van der Waals surface area contributed by atoms with Gasteiger partial charge in [-0.1, -0.05) is 78.9 Å². The van der Waals surface area contributed by atoms with E-state index in [0.717, 1.165) is 16.7 Å². The molecule has 3 aromatic carbocycles. The highest BCUT2D eigenvalue weighted by Crippen LogP contribution is 2.23. The third-order valence-corrected chi connectivity index (χ3v) is 4.62. The van der Waals surface area contributed by atoms with Gasteiger partial charge in [0.1, 0.15) is 0 Å². The number of hydrogen-bond acceptors (Lipinski definition) is 3. The lowest BCUT2D eigenvalue weighted by molar-refractivity contribution is -0.820. The lowest BCUT2D eigenvalue weighted by Gasteiger charge is -2.40. The summed E-state index contributed by atoms with van der Waals surface area (Å²) in [6.07, 6.45) is 0. The summed E-state index contributed by atoms with van der Waals surface area (Å²) in [6.45, 7) is 1.87. The van der Waals surface area contributed by atoms with Crippen LogP contribution in [0.1, 0.15) is 23.6 Å². The topological polar surface area (TPSA) is 52.2 Å². The molecule has 26 heavy (non-hydrogen) atoms. The zero-order chi connectivity index (χ0) is 18.0. The molecule has 0 saturated carbocycles. The maximum Gasteiger partial charge on any atom is 0.237 e. The molecule has 1 aliphatic rings. The number of rotatable bonds is 3. The van der Waals surface area contributed by atoms with Crippen molar-refractivity contribution in [2.45, 2.75) is 12.6 Å². The largest absolute Gasteiger partial charge is 0.626 e. The van der Waals surface area contributed by atoms with E-state index in [1.807, 2.05) is 97.9 Å². The number of hydrogen-bond donors (Lipinski definition) is 1. The van der Waals surface area contributed by atoms with Gasteiger partial charge in [-0.25, -0.2) is 0 Å². The summed E-state index contributed by atoms with van der Waals surface area (Å²) < 4.78 is 0. The van der Waals surface area contributed by atoms with Crippen molar-refractivity contribution in [3.8, 4) is 0 Å². The highest BCUT2D eigenvalue weighted by atomic mass is 16.5. The molecule has 0 radical (unpaired) electrons. The first-order valence-electron chi connectivity index (χ1n) is 8.58. The average Bonchev–Trinajstić information content (AvgIpc) is 2.72. The van der Waals surface area contributed by atoms with Gasteiger partial charge < -0.3 is 5.21 Å². The molecule has 1 aliphatic heterocycles. The van der Waals surface area contributed by atoms with Gasteiger partial charge in [0, 0.05) is 18.1 Å². The molecule has 3 aromatic rings. The van der Waals surface area contributed by atoms with Crippen LogP contribution in [0.15, 0.2) is 101 Å². The van der Waals surface area contributed by atoms with Crippen LogP contribution >= 0.6 is 0 Å². The van der Waals surface area contributed by atoms with E-state index in [9.17, 15) is 5.21 Å². The summed E-state index contributed by atoms with van der Waals surface area (Å²) in [5.74, 6) is 1.03. The van der Waals surface area contributed by atoms with Crippen LogP contribution in [0.2, 0.25) is 0 Å². The molecule has 0 amide bonds. The van der Waals surface area contributed by atoms with Crippen LogP contribution in [0.5, 0.6) is 0 Å². The maximum absolute atomic E-state index is 13.4. The van der Waals surface area contributed by atoms with Crippen molar-refractivity contribution in [1.82, 2.24) is 0 Å². The molecular weight excluding hydrogens is 322 g/mol. The third kappa shape index (κ3) is 2.86. The number of amidine groups is 2. The fourth-order valence-electron chi connectivity index (χ4n) is 3.14. The minimum atomic E-state index is -1.00. The molecule has 0 fully saturated rings. The van der Waals surface area contributed by atoms with Crippen LogP contribution in [0.25, 0.3) is 0 Å². The van der Waals surface area contributed by atoms with E-state index in [1.165, 1.54) is 0 Å². The lowest BCUT2D eigenvalue weighted by atomic mass is 9.99. The second-order valence-electron chi connectivity index (χ2n) is 6.40. The quantitative estimate of drug-likeness (QED) is 0.731. The van der Waals surface area contributed by atoms with Crippen LogP contribution in [-0.2, 0) is 5.66 Å². The molecule has 4 heteroatoms. The van der Waals surface area contributed by atoms with Crippen molar-refractivity contribution >= 4 is 11.7 Å². The predicted octanol–water partition coefficient (Wildman–Crippen LogP) is 3.15. The van der Waals surface area contributed by atoms with Gasteiger partial charge in [0.2, 0.25) is 11.5 Å². The van der Waals surface area contributed by atoms with Crippen molar-refractivity contribution in [3.63, 3.8) is 0 Å². The molecule has 1 heterocycles. The van der Waals surface area contributed by atoms with Gasteiger partial charge in [-0.05, 0) is 12.1 Å². The molecule has 0 aliphatic carbocycles. The number of benzene rings is 3. The Kier molecular flexibility index (Phi) is 4.21. The Morgan fingerprint density at radius 1 is 0.731 bits per heavy atom. The van der Waals surface area contributed by atoms with E-state index in [4.69, 9.17) is 4.99 Å². The molecule has 0 bridgehead atoms. The summed E-state index contributed by atoms with van der Waals surface area (Å²) in [4.78, 5) is 9.43. The smallest absolute Gasteiger partial charge is 0.237 e. The predicted molar refractivity (Wildman–Crippen MR) is 104 cm³/mol. The standard InChI is InChI=1S/C22H19N3O/c1-22(19-15-9-4-10-16-19)24-20(17-11-5-2-6-12-17)23-21(25(22)26)18-13-7-3-8-14-18/h2-16,25H,1H3. The van der Waals surface area contributed by atoms with Crippen molar-refractivity contribution in [1.29, 1.82) is 0 Å². The van der Waals surface area contributed by atoms with Crippen LogP contribution in [-0.4, -0.2) is 11.7 Å². The number of nitrogens with one attached hydrogen (secondary N) is 1. The monoisotopic (exact) mass is 341 g/mol. The first-order valence-corrected chi connectivity index (χ1v) is 8.58. The molecule has 128 valence electrons. The molecule has 1 N–H and O–H groups in total. The van der Waals surface area contributed by atoms with E-state index >= 15 is 0 Å². The highest BCUT2D eigenvalue weighted by molar-refractivity contribution is 6.09. The Hall–Kier alpha value is -3.08. The molecule has 2 unspecified atom stereocenters. The van der Waals surface area contributed by atoms with Gasteiger partial charge in [-0.2, -0.15) is 9.98 Å². The average molecular weight is 341 g/mol. The Balaban J connectivity index is 1.91.